The predicted octanol–water partition coefficient (Wildman–Crippen LogP) is 4.67. The van der Waals surface area contributed by atoms with Gasteiger partial charge in [-0.15, -0.1) is 11.3 Å². The van der Waals surface area contributed by atoms with E-state index in [1.165, 1.54) is 73.4 Å². The van der Waals surface area contributed by atoms with Gasteiger partial charge in [0.2, 0.25) is 0 Å². The summed E-state index contributed by atoms with van der Waals surface area (Å²) in [5.41, 5.74) is 1.18. The molecule has 0 amide bonds. The van der Waals surface area contributed by atoms with Crippen LogP contribution in [0.3, 0.4) is 0 Å². The SMILES string of the molecule is c1ccc2sc([C@H]3CCN(CC4CCCCC4)C3)nc2c1. The van der Waals surface area contributed by atoms with Crippen LogP contribution in [-0.2, 0) is 0 Å². The molecule has 3 heteroatoms. The minimum absolute atomic E-state index is 0.672. The summed E-state index contributed by atoms with van der Waals surface area (Å²) < 4.78 is 1.35. The van der Waals surface area contributed by atoms with E-state index >= 15 is 0 Å². The second-order valence-corrected chi connectivity index (χ2v) is 7.83. The standard InChI is InChI=1S/C18H24N2S/c1-2-6-14(7-3-1)12-20-11-10-15(13-20)18-19-16-8-4-5-9-17(16)21-18/h4-5,8-9,14-15H,1-3,6-7,10-13H2/t15-/m0/s1. The Bertz CT molecular complexity index is 567. The molecule has 1 atom stereocenters. The third kappa shape index (κ3) is 3.00. The van der Waals surface area contributed by atoms with Crippen molar-refractivity contribution >= 4 is 21.6 Å². The van der Waals surface area contributed by atoms with E-state index in [-0.39, 0.29) is 0 Å². The summed E-state index contributed by atoms with van der Waals surface area (Å²) in [6, 6.07) is 8.56. The quantitative estimate of drug-likeness (QED) is 0.819. The number of aromatic nitrogens is 1. The fraction of sp³-hybridized carbons (Fsp3) is 0.611. The van der Waals surface area contributed by atoms with Crippen molar-refractivity contribution in [2.75, 3.05) is 19.6 Å². The number of hydrogen-bond donors (Lipinski definition) is 0. The smallest absolute Gasteiger partial charge is 0.0982 e. The van der Waals surface area contributed by atoms with Gasteiger partial charge in [-0.2, -0.15) is 0 Å². The van der Waals surface area contributed by atoms with Crippen molar-refractivity contribution in [1.82, 2.24) is 9.88 Å². The Hall–Kier alpha value is -0.930. The van der Waals surface area contributed by atoms with E-state index < -0.39 is 0 Å². The normalized spacial score (nSPS) is 24.9. The van der Waals surface area contributed by atoms with Gasteiger partial charge in [-0.05, 0) is 43.9 Å². The molecule has 1 saturated carbocycles. The first-order valence-electron chi connectivity index (χ1n) is 8.46. The molecule has 4 rings (SSSR count). The van der Waals surface area contributed by atoms with Gasteiger partial charge >= 0.3 is 0 Å². The Labute approximate surface area is 131 Å². The van der Waals surface area contributed by atoms with Crippen LogP contribution in [0.15, 0.2) is 24.3 Å². The lowest BCUT2D eigenvalue weighted by Gasteiger charge is -2.26. The Kier molecular flexibility index (Phi) is 3.95. The number of fused-ring (bicyclic) bond motifs is 1. The van der Waals surface area contributed by atoms with E-state index in [0.29, 0.717) is 5.92 Å². The van der Waals surface area contributed by atoms with Crippen LogP contribution >= 0.6 is 11.3 Å². The van der Waals surface area contributed by atoms with Gasteiger partial charge in [0.15, 0.2) is 0 Å². The average molecular weight is 300 g/mol. The van der Waals surface area contributed by atoms with Crippen LogP contribution in [0.1, 0.15) is 49.5 Å². The van der Waals surface area contributed by atoms with Crippen LogP contribution < -0.4 is 0 Å². The van der Waals surface area contributed by atoms with Crippen LogP contribution in [0, 0.1) is 5.92 Å². The zero-order chi connectivity index (χ0) is 14.1. The molecule has 2 fully saturated rings. The highest BCUT2D eigenvalue weighted by atomic mass is 32.1. The van der Waals surface area contributed by atoms with Crippen molar-refractivity contribution in [3.05, 3.63) is 29.3 Å². The molecule has 0 N–H and O–H groups in total. The van der Waals surface area contributed by atoms with Crippen LogP contribution in [0.5, 0.6) is 0 Å². The number of likely N-dealkylation sites (tertiary alicyclic amines) is 1. The van der Waals surface area contributed by atoms with Crippen molar-refractivity contribution in [3.63, 3.8) is 0 Å². The molecular weight excluding hydrogens is 276 g/mol. The van der Waals surface area contributed by atoms with Gasteiger partial charge in [0.1, 0.15) is 0 Å². The number of nitrogens with zero attached hydrogens (tertiary/aromatic N) is 2. The molecule has 2 nitrogen and oxygen atoms in total. The molecule has 21 heavy (non-hydrogen) atoms. The van der Waals surface area contributed by atoms with Crippen LogP contribution in [-0.4, -0.2) is 29.5 Å². The molecule has 0 bridgehead atoms. The number of thiazole rings is 1. The minimum atomic E-state index is 0.672. The van der Waals surface area contributed by atoms with Crippen LogP contribution in [0.4, 0.5) is 0 Å². The lowest BCUT2D eigenvalue weighted by molar-refractivity contribution is 0.232. The summed E-state index contributed by atoms with van der Waals surface area (Å²) >= 11 is 1.90. The van der Waals surface area contributed by atoms with Gasteiger partial charge in [0.25, 0.3) is 0 Å². The van der Waals surface area contributed by atoms with Crippen molar-refractivity contribution in [1.29, 1.82) is 0 Å². The Morgan fingerprint density at radius 2 is 1.95 bits per heavy atom. The fourth-order valence-electron chi connectivity index (χ4n) is 4.00. The third-order valence-corrected chi connectivity index (χ3v) is 6.37. The molecule has 2 heterocycles. The highest BCUT2D eigenvalue weighted by Crippen LogP contribution is 2.34. The molecule has 1 aliphatic heterocycles. The Morgan fingerprint density at radius 1 is 1.10 bits per heavy atom. The summed E-state index contributed by atoms with van der Waals surface area (Å²) in [7, 11) is 0. The van der Waals surface area contributed by atoms with E-state index in [9.17, 15) is 0 Å². The molecule has 1 aromatic carbocycles. The largest absolute Gasteiger partial charge is 0.302 e. The maximum atomic E-state index is 4.87. The van der Waals surface area contributed by atoms with Gasteiger partial charge < -0.3 is 4.90 Å². The van der Waals surface area contributed by atoms with Crippen LogP contribution in [0.25, 0.3) is 10.2 Å². The molecule has 0 spiro atoms. The second-order valence-electron chi connectivity index (χ2n) is 6.77. The van der Waals surface area contributed by atoms with Crippen molar-refractivity contribution in [3.8, 4) is 0 Å². The zero-order valence-corrected chi connectivity index (χ0v) is 13.4. The molecule has 0 unspecified atom stereocenters. The van der Waals surface area contributed by atoms with Gasteiger partial charge in [-0.25, -0.2) is 4.98 Å². The predicted molar refractivity (Wildman–Crippen MR) is 90.0 cm³/mol. The summed E-state index contributed by atoms with van der Waals surface area (Å²) in [5, 5.41) is 1.36. The summed E-state index contributed by atoms with van der Waals surface area (Å²) in [6.45, 7) is 3.84. The topological polar surface area (TPSA) is 16.1 Å². The lowest BCUT2D eigenvalue weighted by atomic mass is 9.89. The first-order chi connectivity index (χ1) is 10.4. The molecule has 2 aliphatic rings. The van der Waals surface area contributed by atoms with Gasteiger partial charge in [0.05, 0.1) is 15.2 Å². The van der Waals surface area contributed by atoms with E-state index in [1.54, 1.807) is 0 Å². The highest BCUT2D eigenvalue weighted by molar-refractivity contribution is 7.18. The molecule has 1 aliphatic carbocycles. The lowest BCUT2D eigenvalue weighted by Crippen LogP contribution is -2.28. The van der Waals surface area contributed by atoms with Gasteiger partial charge in [-0.1, -0.05) is 31.4 Å². The van der Waals surface area contributed by atoms with Crippen LogP contribution in [0.2, 0.25) is 0 Å². The molecular formula is C18H24N2S. The third-order valence-electron chi connectivity index (χ3n) is 5.17. The Morgan fingerprint density at radius 3 is 2.81 bits per heavy atom. The highest BCUT2D eigenvalue weighted by Gasteiger charge is 2.28. The number of para-hydroxylation sites is 1. The molecule has 1 aromatic heterocycles. The minimum Gasteiger partial charge on any atom is -0.302 e. The number of rotatable bonds is 3. The molecule has 0 radical (unpaired) electrons. The van der Waals surface area contributed by atoms with E-state index in [1.807, 2.05) is 11.3 Å². The van der Waals surface area contributed by atoms with Crippen molar-refractivity contribution in [2.45, 2.75) is 44.4 Å². The van der Waals surface area contributed by atoms with Crippen molar-refractivity contribution < 1.29 is 0 Å². The van der Waals surface area contributed by atoms with Gasteiger partial charge in [-0.3, -0.25) is 0 Å². The van der Waals surface area contributed by atoms with E-state index in [4.69, 9.17) is 4.98 Å². The maximum Gasteiger partial charge on any atom is 0.0982 e. The van der Waals surface area contributed by atoms with Gasteiger partial charge in [0, 0.05) is 19.0 Å². The maximum absolute atomic E-state index is 4.87. The average Bonchev–Trinajstić information content (AvgIpc) is 3.14. The molecule has 2 aromatic rings. The molecule has 1 saturated heterocycles. The Balaban J connectivity index is 1.41. The second kappa shape index (κ2) is 6.05. The first-order valence-corrected chi connectivity index (χ1v) is 9.28. The van der Waals surface area contributed by atoms with E-state index in [0.717, 1.165) is 5.92 Å². The monoisotopic (exact) mass is 300 g/mol. The van der Waals surface area contributed by atoms with Crippen molar-refractivity contribution in [2.24, 2.45) is 5.92 Å². The molecule has 112 valence electrons. The summed E-state index contributed by atoms with van der Waals surface area (Å²) in [4.78, 5) is 7.57. The summed E-state index contributed by atoms with van der Waals surface area (Å²) in [5.74, 6) is 1.64. The first kappa shape index (κ1) is 13.7. The zero-order valence-electron chi connectivity index (χ0n) is 12.6. The number of hydrogen-bond acceptors (Lipinski definition) is 3. The fourth-order valence-corrected chi connectivity index (χ4v) is 5.09. The van der Waals surface area contributed by atoms with E-state index in [2.05, 4.69) is 29.2 Å². The number of benzene rings is 1. The summed E-state index contributed by atoms with van der Waals surface area (Å²) in [6.07, 6.45) is 8.60.